The summed E-state index contributed by atoms with van der Waals surface area (Å²) in [5, 5.41) is 0.303. The van der Waals surface area contributed by atoms with Crippen LogP contribution >= 0.6 is 11.8 Å². The van der Waals surface area contributed by atoms with Crippen molar-refractivity contribution in [1.82, 2.24) is 0 Å². The number of amidine groups is 1. The first-order valence-corrected chi connectivity index (χ1v) is 13.0. The summed E-state index contributed by atoms with van der Waals surface area (Å²) in [4.78, 5) is 19.1. The van der Waals surface area contributed by atoms with Crippen molar-refractivity contribution in [1.29, 1.82) is 0 Å². The second-order valence-corrected chi connectivity index (χ2v) is 11.2. The molecule has 0 spiro atoms. The Balaban J connectivity index is 1.44. The molecule has 2 saturated heterocycles. The van der Waals surface area contributed by atoms with Crippen molar-refractivity contribution in [3.8, 4) is 23.0 Å². The molecule has 2 aromatic rings. The smallest absolute Gasteiger partial charge is 0.252 e. The molecule has 5 rings (SSSR count). The number of sulfone groups is 1. The lowest BCUT2D eigenvalue weighted by molar-refractivity contribution is -0.117. The van der Waals surface area contributed by atoms with Gasteiger partial charge in [0.25, 0.3) is 5.91 Å². The highest BCUT2D eigenvalue weighted by atomic mass is 32.2. The molecule has 3 aliphatic heterocycles. The van der Waals surface area contributed by atoms with E-state index in [1.807, 2.05) is 11.0 Å². The molecule has 0 bridgehead atoms. The van der Waals surface area contributed by atoms with Gasteiger partial charge in [-0.25, -0.2) is 8.42 Å². The van der Waals surface area contributed by atoms with Gasteiger partial charge >= 0.3 is 0 Å². The highest BCUT2D eigenvalue weighted by Gasteiger charge is 2.49. The first kappa shape index (κ1) is 21.9. The Hall–Kier alpha value is -2.92. The van der Waals surface area contributed by atoms with Crippen LogP contribution in [0.1, 0.15) is 5.56 Å². The largest absolute Gasteiger partial charge is 0.493 e. The number of methoxy groups -OCH3 is 2. The number of thioether (sulfide) groups is 1. The van der Waals surface area contributed by atoms with E-state index in [1.165, 1.54) is 18.9 Å². The molecule has 11 heteroatoms. The van der Waals surface area contributed by atoms with Gasteiger partial charge in [0, 0.05) is 17.0 Å². The van der Waals surface area contributed by atoms with Crippen molar-refractivity contribution >= 4 is 38.4 Å². The maximum Gasteiger partial charge on any atom is 0.252 e. The van der Waals surface area contributed by atoms with E-state index in [4.69, 9.17) is 18.9 Å². The van der Waals surface area contributed by atoms with Crippen LogP contribution in [0.25, 0.3) is 0 Å². The molecule has 2 atom stereocenters. The second kappa shape index (κ2) is 8.45. The number of carbonyl (C=O) groups excluding carboxylic acids is 1. The number of rotatable bonds is 5. The van der Waals surface area contributed by atoms with Gasteiger partial charge in [0.2, 0.25) is 6.79 Å². The first-order valence-electron chi connectivity index (χ1n) is 10.3. The van der Waals surface area contributed by atoms with Gasteiger partial charge in [-0.05, 0) is 29.8 Å². The summed E-state index contributed by atoms with van der Waals surface area (Å²) in [6.45, 7) is 0.138. The minimum absolute atomic E-state index is 0.0159. The molecule has 33 heavy (non-hydrogen) atoms. The minimum Gasteiger partial charge on any atom is -0.493 e. The van der Waals surface area contributed by atoms with Crippen molar-refractivity contribution < 1.29 is 32.2 Å². The average Bonchev–Trinajstić information content (AvgIpc) is 3.44. The zero-order valence-electron chi connectivity index (χ0n) is 18.0. The molecule has 3 aliphatic rings. The monoisotopic (exact) mass is 490 g/mol. The fraction of sp³-hybridized carbons (Fsp3) is 0.364. The summed E-state index contributed by atoms with van der Waals surface area (Å²) in [5.74, 6) is 2.07. The molecule has 0 saturated carbocycles. The molecular formula is C22H22N2O7S2. The van der Waals surface area contributed by atoms with Crippen LogP contribution in [0.4, 0.5) is 5.69 Å². The van der Waals surface area contributed by atoms with E-state index in [0.29, 0.717) is 33.9 Å². The summed E-state index contributed by atoms with van der Waals surface area (Å²) in [5.41, 5.74) is 1.46. The van der Waals surface area contributed by atoms with Crippen LogP contribution < -0.4 is 23.8 Å². The molecule has 0 unspecified atom stereocenters. The first-order chi connectivity index (χ1) is 15.9. The van der Waals surface area contributed by atoms with E-state index in [1.54, 1.807) is 37.4 Å². The van der Waals surface area contributed by atoms with Crippen LogP contribution in [0.5, 0.6) is 23.0 Å². The Morgan fingerprint density at radius 3 is 2.67 bits per heavy atom. The minimum atomic E-state index is -3.16. The van der Waals surface area contributed by atoms with Crippen molar-refractivity contribution in [2.24, 2.45) is 4.99 Å². The third-order valence-corrected chi connectivity index (χ3v) is 8.93. The molecule has 1 amide bonds. The molecule has 0 radical (unpaired) electrons. The van der Waals surface area contributed by atoms with Crippen molar-refractivity contribution in [2.45, 2.75) is 17.7 Å². The standard InChI is InChI=1S/C22H22N2O7S2/c1-28-16-5-3-13(7-18(16)29-2)8-21(25)23-22-24(15-10-33(26,27)11-20(15)32-22)14-4-6-17-19(9-14)31-12-30-17/h3-7,9,15,20H,8,10-12H2,1-2H3/t15-,20-/m1/s1. The van der Waals surface area contributed by atoms with E-state index in [9.17, 15) is 13.2 Å². The lowest BCUT2D eigenvalue weighted by Gasteiger charge is -2.24. The Kier molecular flexibility index (Phi) is 5.61. The van der Waals surface area contributed by atoms with Gasteiger partial charge in [-0.1, -0.05) is 17.8 Å². The molecule has 174 valence electrons. The predicted octanol–water partition coefficient (Wildman–Crippen LogP) is 2.28. The van der Waals surface area contributed by atoms with Crippen molar-refractivity contribution in [3.05, 3.63) is 42.0 Å². The number of carbonyl (C=O) groups is 1. The van der Waals surface area contributed by atoms with Gasteiger partial charge in [-0.3, -0.25) is 4.79 Å². The van der Waals surface area contributed by atoms with Gasteiger partial charge in [0.05, 0.1) is 38.2 Å². The highest BCUT2D eigenvalue weighted by Crippen LogP contribution is 2.44. The Morgan fingerprint density at radius 1 is 1.09 bits per heavy atom. The predicted molar refractivity (Wildman–Crippen MR) is 125 cm³/mol. The number of ether oxygens (including phenoxy) is 4. The van der Waals surface area contributed by atoms with E-state index in [0.717, 1.165) is 5.56 Å². The number of hydrogen-bond acceptors (Lipinski definition) is 8. The van der Waals surface area contributed by atoms with Crippen LogP contribution in [0.15, 0.2) is 41.4 Å². The lowest BCUT2D eigenvalue weighted by Crippen LogP contribution is -2.37. The molecule has 9 nitrogen and oxygen atoms in total. The lowest BCUT2D eigenvalue weighted by atomic mass is 10.1. The summed E-state index contributed by atoms with van der Waals surface area (Å²) in [6, 6.07) is 10.4. The third-order valence-electron chi connectivity index (χ3n) is 5.72. The number of amides is 1. The zero-order chi connectivity index (χ0) is 23.2. The fourth-order valence-electron chi connectivity index (χ4n) is 4.21. The van der Waals surface area contributed by atoms with Gasteiger partial charge < -0.3 is 23.8 Å². The van der Waals surface area contributed by atoms with Crippen LogP contribution in [0.2, 0.25) is 0 Å². The van der Waals surface area contributed by atoms with Gasteiger partial charge in [0.15, 0.2) is 38.0 Å². The third kappa shape index (κ3) is 4.22. The molecule has 0 aromatic heterocycles. The van der Waals surface area contributed by atoms with Gasteiger partial charge in [0.1, 0.15) is 0 Å². The Bertz CT molecular complexity index is 1250. The van der Waals surface area contributed by atoms with E-state index >= 15 is 0 Å². The SMILES string of the molecule is COc1ccc(CC(=O)N=C2S[C@@H]3CS(=O)(=O)C[C@H]3N2c2ccc3c(c2)OCO3)cc1OC. The van der Waals surface area contributed by atoms with Crippen molar-refractivity contribution in [3.63, 3.8) is 0 Å². The quantitative estimate of drug-likeness (QED) is 0.624. The van der Waals surface area contributed by atoms with Gasteiger partial charge in [-0.2, -0.15) is 4.99 Å². The fourth-order valence-corrected chi connectivity index (χ4v) is 8.14. The number of aliphatic imine (C=N–C) groups is 1. The molecule has 0 aliphatic carbocycles. The molecular weight excluding hydrogens is 468 g/mol. The molecule has 2 aromatic carbocycles. The van der Waals surface area contributed by atoms with Crippen LogP contribution in [0.3, 0.4) is 0 Å². The van der Waals surface area contributed by atoms with Crippen LogP contribution in [-0.4, -0.2) is 63.3 Å². The average molecular weight is 491 g/mol. The van der Waals surface area contributed by atoms with Crippen LogP contribution in [-0.2, 0) is 21.1 Å². The summed E-state index contributed by atoms with van der Waals surface area (Å²) in [7, 11) is -0.0709. The number of anilines is 1. The molecule has 3 heterocycles. The normalized spacial score (nSPS) is 23.6. The van der Waals surface area contributed by atoms with E-state index < -0.39 is 9.84 Å². The summed E-state index contributed by atoms with van der Waals surface area (Å²) < 4.78 is 46.0. The highest BCUT2D eigenvalue weighted by molar-refractivity contribution is 8.16. The maximum absolute atomic E-state index is 12.9. The molecule has 0 N–H and O–H groups in total. The number of hydrogen-bond donors (Lipinski definition) is 0. The Morgan fingerprint density at radius 2 is 1.88 bits per heavy atom. The summed E-state index contributed by atoms with van der Waals surface area (Å²) in [6.07, 6.45) is 0.0764. The van der Waals surface area contributed by atoms with Crippen molar-refractivity contribution in [2.75, 3.05) is 37.4 Å². The second-order valence-electron chi connectivity index (χ2n) is 7.86. The molecule has 2 fully saturated rings. The zero-order valence-corrected chi connectivity index (χ0v) is 19.6. The van der Waals surface area contributed by atoms with Gasteiger partial charge in [-0.15, -0.1) is 0 Å². The number of fused-ring (bicyclic) bond motifs is 2. The topological polar surface area (TPSA) is 104 Å². The summed E-state index contributed by atoms with van der Waals surface area (Å²) >= 11 is 1.33. The maximum atomic E-state index is 12.9. The number of benzene rings is 2. The van der Waals surface area contributed by atoms with E-state index in [-0.39, 0.29) is 41.9 Å². The van der Waals surface area contributed by atoms with E-state index in [2.05, 4.69) is 4.99 Å². The Labute approximate surface area is 195 Å². The number of nitrogens with zero attached hydrogens (tertiary/aromatic N) is 2. The van der Waals surface area contributed by atoms with Crippen LogP contribution in [0, 0.1) is 0 Å².